The van der Waals surface area contributed by atoms with Crippen LogP contribution in [0, 0.1) is 0 Å². The number of aromatic nitrogens is 3. The van der Waals surface area contributed by atoms with Crippen molar-refractivity contribution in [1.82, 2.24) is 15.0 Å². The molecule has 3 rings (SSSR count). The van der Waals surface area contributed by atoms with Crippen molar-refractivity contribution in [3.8, 4) is 11.1 Å². The van der Waals surface area contributed by atoms with Crippen LogP contribution in [0.15, 0.2) is 29.1 Å². The van der Waals surface area contributed by atoms with Gasteiger partial charge < -0.3 is 16.0 Å². The lowest BCUT2D eigenvalue weighted by molar-refractivity contribution is 0.743. The van der Waals surface area contributed by atoms with Crippen LogP contribution in [0.1, 0.15) is 26.2 Å². The van der Waals surface area contributed by atoms with Gasteiger partial charge in [-0.05, 0) is 24.6 Å². The molecule has 2 heterocycles. The Kier molecular flexibility index (Phi) is 5.64. The molecule has 0 fully saturated rings. The molecule has 0 bridgehead atoms. The lowest BCUT2D eigenvalue weighted by atomic mass is 10.1. The average molecular weight is 392 g/mol. The van der Waals surface area contributed by atoms with Gasteiger partial charge in [0.15, 0.2) is 0 Å². The highest BCUT2D eigenvalue weighted by Gasteiger charge is 2.16. The minimum Gasteiger partial charge on any atom is -0.369 e. The standard InChI is InChI=1S/C18H19Cl2N5O/c1-2-3-4-8-22-15-11-9-10(14-12(19)6-5-7-13(14)20)17(26)23-16(11)25-18(21)24-15/h5-7,9H,2-4,8H2,1H3,(H4,21,22,23,24,25,26). The quantitative estimate of drug-likeness (QED) is 0.538. The van der Waals surface area contributed by atoms with Gasteiger partial charge in [-0.3, -0.25) is 4.79 Å². The first-order valence-electron chi connectivity index (χ1n) is 8.40. The van der Waals surface area contributed by atoms with Crippen LogP contribution in [0.5, 0.6) is 0 Å². The smallest absolute Gasteiger partial charge is 0.257 e. The van der Waals surface area contributed by atoms with Crippen molar-refractivity contribution >= 4 is 46.0 Å². The first-order chi connectivity index (χ1) is 12.5. The van der Waals surface area contributed by atoms with Crippen LogP contribution in [0.4, 0.5) is 11.8 Å². The molecule has 0 unspecified atom stereocenters. The van der Waals surface area contributed by atoms with E-state index in [4.69, 9.17) is 28.9 Å². The normalized spacial score (nSPS) is 11.0. The van der Waals surface area contributed by atoms with Crippen LogP contribution in [0.25, 0.3) is 22.2 Å². The van der Waals surface area contributed by atoms with Gasteiger partial charge in [0.2, 0.25) is 5.95 Å². The van der Waals surface area contributed by atoms with Gasteiger partial charge in [-0.25, -0.2) is 0 Å². The zero-order valence-corrected chi connectivity index (χ0v) is 15.8. The van der Waals surface area contributed by atoms with Crippen molar-refractivity contribution < 1.29 is 0 Å². The van der Waals surface area contributed by atoms with E-state index in [1.165, 1.54) is 0 Å². The predicted octanol–water partition coefficient (Wildman–Crippen LogP) is 4.48. The van der Waals surface area contributed by atoms with E-state index < -0.39 is 0 Å². The highest BCUT2D eigenvalue weighted by molar-refractivity contribution is 6.39. The summed E-state index contributed by atoms with van der Waals surface area (Å²) < 4.78 is 0. The van der Waals surface area contributed by atoms with E-state index >= 15 is 0 Å². The molecule has 4 N–H and O–H groups in total. The molecule has 0 saturated heterocycles. The van der Waals surface area contributed by atoms with E-state index in [2.05, 4.69) is 27.2 Å². The molecular weight excluding hydrogens is 373 g/mol. The molecule has 0 saturated carbocycles. The second-order valence-electron chi connectivity index (χ2n) is 5.94. The summed E-state index contributed by atoms with van der Waals surface area (Å²) >= 11 is 12.5. The molecular formula is C18H19Cl2N5O. The van der Waals surface area contributed by atoms with Gasteiger partial charge in [0.05, 0.1) is 21.0 Å². The van der Waals surface area contributed by atoms with E-state index in [0.717, 1.165) is 25.8 Å². The predicted molar refractivity (Wildman–Crippen MR) is 108 cm³/mol. The molecule has 3 aromatic rings. The lowest BCUT2D eigenvalue weighted by Gasteiger charge is -2.11. The average Bonchev–Trinajstić information content (AvgIpc) is 2.59. The van der Waals surface area contributed by atoms with Crippen LogP contribution in [0.2, 0.25) is 10.0 Å². The molecule has 6 nitrogen and oxygen atoms in total. The number of H-pyrrole nitrogens is 1. The number of pyridine rings is 1. The minimum absolute atomic E-state index is 0.0923. The van der Waals surface area contributed by atoms with Gasteiger partial charge in [0.25, 0.3) is 5.56 Å². The zero-order valence-electron chi connectivity index (χ0n) is 14.3. The van der Waals surface area contributed by atoms with Crippen LogP contribution in [0.3, 0.4) is 0 Å². The van der Waals surface area contributed by atoms with Gasteiger partial charge in [0, 0.05) is 12.1 Å². The number of hydrogen-bond acceptors (Lipinski definition) is 5. The van der Waals surface area contributed by atoms with Gasteiger partial charge in [-0.15, -0.1) is 0 Å². The van der Waals surface area contributed by atoms with Gasteiger partial charge in [0.1, 0.15) is 11.5 Å². The van der Waals surface area contributed by atoms with E-state index in [-0.39, 0.29) is 11.5 Å². The van der Waals surface area contributed by atoms with E-state index in [1.54, 1.807) is 24.3 Å². The Balaban J connectivity index is 2.14. The Morgan fingerprint density at radius 1 is 1.19 bits per heavy atom. The van der Waals surface area contributed by atoms with E-state index in [1.807, 2.05) is 0 Å². The lowest BCUT2D eigenvalue weighted by Crippen LogP contribution is -2.13. The fraction of sp³-hybridized carbons (Fsp3) is 0.278. The number of nitrogens with zero attached hydrogens (tertiary/aromatic N) is 2. The summed E-state index contributed by atoms with van der Waals surface area (Å²) in [5.74, 6) is 0.666. The van der Waals surface area contributed by atoms with Crippen molar-refractivity contribution in [3.63, 3.8) is 0 Å². The van der Waals surface area contributed by atoms with Crippen LogP contribution in [-0.4, -0.2) is 21.5 Å². The third kappa shape index (κ3) is 3.76. The fourth-order valence-electron chi connectivity index (χ4n) is 2.76. The number of benzene rings is 1. The second-order valence-corrected chi connectivity index (χ2v) is 6.75. The second kappa shape index (κ2) is 7.93. The molecule has 136 valence electrons. The van der Waals surface area contributed by atoms with Crippen molar-refractivity contribution in [1.29, 1.82) is 0 Å². The van der Waals surface area contributed by atoms with Gasteiger partial charge in [-0.2, -0.15) is 9.97 Å². The Bertz CT molecular complexity index is 983. The third-order valence-corrected chi connectivity index (χ3v) is 4.66. The number of nitrogen functional groups attached to an aromatic ring is 1. The molecule has 0 amide bonds. The highest BCUT2D eigenvalue weighted by Crippen LogP contribution is 2.34. The monoisotopic (exact) mass is 391 g/mol. The number of hydrogen-bond donors (Lipinski definition) is 3. The summed E-state index contributed by atoms with van der Waals surface area (Å²) in [6.45, 7) is 2.89. The molecule has 0 radical (unpaired) electrons. The van der Waals surface area contributed by atoms with Crippen LogP contribution < -0.4 is 16.6 Å². The summed E-state index contributed by atoms with van der Waals surface area (Å²) in [5.41, 5.74) is 6.64. The van der Waals surface area contributed by atoms with Crippen molar-refractivity contribution in [2.45, 2.75) is 26.2 Å². The summed E-state index contributed by atoms with van der Waals surface area (Å²) in [5, 5.41) is 4.72. The first-order valence-corrected chi connectivity index (χ1v) is 9.15. The number of halogens is 2. The molecule has 0 atom stereocenters. The number of fused-ring (bicyclic) bond motifs is 1. The zero-order chi connectivity index (χ0) is 18.7. The number of rotatable bonds is 6. The van der Waals surface area contributed by atoms with Crippen LogP contribution in [-0.2, 0) is 0 Å². The molecule has 0 spiro atoms. The summed E-state index contributed by atoms with van der Waals surface area (Å²) in [6.07, 6.45) is 3.24. The summed E-state index contributed by atoms with van der Waals surface area (Å²) in [6, 6.07) is 6.81. The van der Waals surface area contributed by atoms with E-state index in [0.29, 0.717) is 38.0 Å². The largest absolute Gasteiger partial charge is 0.369 e. The number of unbranched alkanes of at least 4 members (excludes halogenated alkanes) is 2. The Morgan fingerprint density at radius 2 is 1.92 bits per heavy atom. The summed E-state index contributed by atoms with van der Waals surface area (Å²) in [4.78, 5) is 23.7. The maximum Gasteiger partial charge on any atom is 0.257 e. The van der Waals surface area contributed by atoms with E-state index in [9.17, 15) is 4.79 Å². The Hall–Kier alpha value is -2.31. The van der Waals surface area contributed by atoms with Crippen LogP contribution >= 0.6 is 23.2 Å². The number of aromatic amines is 1. The highest BCUT2D eigenvalue weighted by atomic mass is 35.5. The maximum absolute atomic E-state index is 12.6. The molecule has 0 aliphatic heterocycles. The SMILES string of the molecule is CCCCCNc1nc(N)nc2[nH]c(=O)c(-c3c(Cl)cccc3Cl)cc12. The molecule has 1 aromatic carbocycles. The van der Waals surface area contributed by atoms with Gasteiger partial charge in [-0.1, -0.05) is 49.0 Å². The summed E-state index contributed by atoms with van der Waals surface area (Å²) in [7, 11) is 0. The molecule has 0 aliphatic carbocycles. The van der Waals surface area contributed by atoms with Crippen molar-refractivity contribution in [3.05, 3.63) is 44.7 Å². The molecule has 8 heteroatoms. The number of anilines is 2. The number of nitrogens with one attached hydrogen (secondary N) is 2. The Morgan fingerprint density at radius 3 is 2.62 bits per heavy atom. The fourth-order valence-corrected chi connectivity index (χ4v) is 3.36. The first kappa shape index (κ1) is 18.5. The Labute approximate surface area is 160 Å². The van der Waals surface area contributed by atoms with Crippen molar-refractivity contribution in [2.24, 2.45) is 0 Å². The maximum atomic E-state index is 12.6. The molecule has 2 aromatic heterocycles. The third-order valence-electron chi connectivity index (χ3n) is 4.03. The molecule has 26 heavy (non-hydrogen) atoms. The van der Waals surface area contributed by atoms with Gasteiger partial charge >= 0.3 is 0 Å². The topological polar surface area (TPSA) is 96.7 Å². The van der Waals surface area contributed by atoms with Crippen molar-refractivity contribution in [2.75, 3.05) is 17.6 Å². The molecule has 0 aliphatic rings. The minimum atomic E-state index is -0.345. The number of nitrogens with two attached hydrogens (primary N) is 1.